The molecule has 6 heteroatoms. The molecule has 0 saturated heterocycles. The second-order valence-electron chi connectivity index (χ2n) is 5.71. The van der Waals surface area contributed by atoms with Crippen molar-refractivity contribution in [3.05, 3.63) is 42.4 Å². The molecular weight excluding hydrogens is 288 g/mol. The Bertz CT molecular complexity index is 967. The van der Waals surface area contributed by atoms with Gasteiger partial charge in [0.15, 0.2) is 17.1 Å². The Kier molecular flexibility index (Phi) is 3.29. The van der Waals surface area contributed by atoms with Crippen LogP contribution in [0.15, 0.2) is 36.5 Å². The maximum absolute atomic E-state index is 4.75. The van der Waals surface area contributed by atoms with E-state index in [0.717, 1.165) is 53.2 Å². The van der Waals surface area contributed by atoms with Crippen molar-refractivity contribution in [3.8, 4) is 11.4 Å². The van der Waals surface area contributed by atoms with Crippen LogP contribution in [0.5, 0.6) is 0 Å². The van der Waals surface area contributed by atoms with E-state index in [1.54, 1.807) is 4.68 Å². The van der Waals surface area contributed by atoms with Gasteiger partial charge < -0.3 is 0 Å². The summed E-state index contributed by atoms with van der Waals surface area (Å²) in [6.07, 6.45) is 5.01. The van der Waals surface area contributed by atoms with Gasteiger partial charge in [-0.15, -0.1) is 5.10 Å². The van der Waals surface area contributed by atoms with Gasteiger partial charge in [-0.05, 0) is 6.42 Å². The summed E-state index contributed by atoms with van der Waals surface area (Å²) >= 11 is 0. The lowest BCUT2D eigenvalue weighted by molar-refractivity contribution is 0.716. The van der Waals surface area contributed by atoms with E-state index in [2.05, 4.69) is 12.0 Å². The van der Waals surface area contributed by atoms with Gasteiger partial charge in [0.1, 0.15) is 5.82 Å². The molecule has 0 aliphatic rings. The number of rotatable bonds is 4. The molecule has 3 heterocycles. The van der Waals surface area contributed by atoms with E-state index in [1.165, 1.54) is 0 Å². The molecule has 0 bridgehead atoms. The van der Waals surface area contributed by atoms with Crippen LogP contribution in [0.4, 0.5) is 0 Å². The van der Waals surface area contributed by atoms with Crippen molar-refractivity contribution in [2.24, 2.45) is 7.05 Å². The largest absolute Gasteiger partial charge is 0.273 e. The zero-order chi connectivity index (χ0) is 15.8. The first-order valence-corrected chi connectivity index (χ1v) is 7.90. The summed E-state index contributed by atoms with van der Waals surface area (Å²) in [4.78, 5) is 9.45. The van der Waals surface area contributed by atoms with Gasteiger partial charge in [0, 0.05) is 25.2 Å². The van der Waals surface area contributed by atoms with E-state index in [4.69, 9.17) is 15.1 Å². The van der Waals surface area contributed by atoms with Crippen molar-refractivity contribution in [2.45, 2.75) is 26.2 Å². The minimum atomic E-state index is 0.724. The van der Waals surface area contributed by atoms with Crippen LogP contribution in [0.3, 0.4) is 0 Å². The molecule has 0 atom stereocenters. The normalized spacial score (nSPS) is 11.6. The number of aromatic nitrogens is 6. The predicted octanol–water partition coefficient (Wildman–Crippen LogP) is 3.02. The minimum absolute atomic E-state index is 0.724. The van der Waals surface area contributed by atoms with Gasteiger partial charge >= 0.3 is 0 Å². The van der Waals surface area contributed by atoms with Crippen LogP contribution in [-0.2, 0) is 13.5 Å². The van der Waals surface area contributed by atoms with E-state index in [0.29, 0.717) is 0 Å². The van der Waals surface area contributed by atoms with E-state index < -0.39 is 0 Å². The number of hydrogen-bond donors (Lipinski definition) is 0. The summed E-state index contributed by atoms with van der Waals surface area (Å²) in [6, 6.07) is 10.0. The average Bonchev–Trinajstić information content (AvgIpc) is 3.16. The first-order chi connectivity index (χ1) is 11.3. The van der Waals surface area contributed by atoms with Gasteiger partial charge in [0.25, 0.3) is 0 Å². The van der Waals surface area contributed by atoms with Gasteiger partial charge in [-0.1, -0.05) is 43.7 Å². The molecule has 4 rings (SSSR count). The smallest absolute Gasteiger partial charge is 0.186 e. The fraction of sp³-hybridized carbons (Fsp3) is 0.294. The number of aryl methyl sites for hydroxylation is 2. The lowest BCUT2D eigenvalue weighted by Gasteiger charge is -2.02. The van der Waals surface area contributed by atoms with Crippen LogP contribution >= 0.6 is 0 Å². The average molecular weight is 306 g/mol. The quantitative estimate of drug-likeness (QED) is 0.581. The van der Waals surface area contributed by atoms with E-state index in [9.17, 15) is 0 Å². The molecule has 116 valence electrons. The Labute approximate surface area is 133 Å². The van der Waals surface area contributed by atoms with Crippen molar-refractivity contribution in [2.75, 3.05) is 0 Å². The Balaban J connectivity index is 1.98. The lowest BCUT2D eigenvalue weighted by Crippen LogP contribution is -2.03. The highest BCUT2D eigenvalue weighted by Gasteiger charge is 2.16. The van der Waals surface area contributed by atoms with Crippen LogP contribution in [-0.4, -0.2) is 29.4 Å². The molecule has 0 saturated carbocycles. The fourth-order valence-electron chi connectivity index (χ4n) is 2.76. The molecule has 6 nitrogen and oxygen atoms in total. The van der Waals surface area contributed by atoms with Gasteiger partial charge in [0.05, 0.1) is 5.39 Å². The highest BCUT2D eigenvalue weighted by atomic mass is 15.3. The SMILES string of the molecule is CCCCc1nc2nn(C)cc2c2nc(-c3ccccc3)nn12. The molecule has 23 heavy (non-hydrogen) atoms. The molecule has 0 N–H and O–H groups in total. The molecule has 0 fully saturated rings. The van der Waals surface area contributed by atoms with Crippen molar-refractivity contribution in [1.29, 1.82) is 0 Å². The van der Waals surface area contributed by atoms with Crippen LogP contribution in [0.2, 0.25) is 0 Å². The van der Waals surface area contributed by atoms with Crippen molar-refractivity contribution in [3.63, 3.8) is 0 Å². The van der Waals surface area contributed by atoms with Crippen LogP contribution in [0.1, 0.15) is 25.6 Å². The molecule has 0 radical (unpaired) electrons. The fourth-order valence-corrected chi connectivity index (χ4v) is 2.76. The number of benzene rings is 1. The summed E-state index contributed by atoms with van der Waals surface area (Å²) in [6.45, 7) is 2.17. The standard InChI is InChI=1S/C17H18N6/c1-3-4-10-14-18-16-13(11-22(2)20-16)17-19-15(21-23(14)17)12-8-6-5-7-9-12/h5-9,11H,3-4,10H2,1-2H3. The van der Waals surface area contributed by atoms with Crippen LogP contribution in [0, 0.1) is 0 Å². The third kappa shape index (κ3) is 2.36. The van der Waals surface area contributed by atoms with Crippen molar-refractivity contribution >= 4 is 16.7 Å². The third-order valence-corrected chi connectivity index (χ3v) is 3.92. The Morgan fingerprint density at radius 1 is 1.04 bits per heavy atom. The number of unbranched alkanes of at least 4 members (excludes halogenated alkanes) is 1. The summed E-state index contributed by atoms with van der Waals surface area (Å²) in [7, 11) is 1.90. The molecule has 0 unspecified atom stereocenters. The van der Waals surface area contributed by atoms with E-state index in [-0.39, 0.29) is 0 Å². The molecular formula is C17H18N6. The zero-order valence-electron chi connectivity index (χ0n) is 13.3. The number of nitrogens with zero attached hydrogens (tertiary/aromatic N) is 6. The molecule has 0 spiro atoms. The lowest BCUT2D eigenvalue weighted by atomic mass is 10.2. The third-order valence-electron chi connectivity index (χ3n) is 3.92. The highest BCUT2D eigenvalue weighted by Crippen LogP contribution is 2.22. The monoisotopic (exact) mass is 306 g/mol. The molecule has 0 aliphatic carbocycles. The van der Waals surface area contributed by atoms with E-state index >= 15 is 0 Å². The predicted molar refractivity (Wildman–Crippen MR) is 89.1 cm³/mol. The zero-order valence-corrected chi connectivity index (χ0v) is 13.3. The summed E-state index contributed by atoms with van der Waals surface area (Å²) in [5.41, 5.74) is 2.57. The van der Waals surface area contributed by atoms with Gasteiger partial charge in [-0.25, -0.2) is 9.97 Å². The minimum Gasteiger partial charge on any atom is -0.273 e. The molecule has 0 aliphatic heterocycles. The molecule has 0 amide bonds. The first kappa shape index (κ1) is 13.9. The van der Waals surface area contributed by atoms with Gasteiger partial charge in [-0.3, -0.25) is 4.68 Å². The van der Waals surface area contributed by atoms with Crippen LogP contribution < -0.4 is 0 Å². The number of hydrogen-bond acceptors (Lipinski definition) is 4. The second kappa shape index (κ2) is 5.46. The van der Waals surface area contributed by atoms with Crippen LogP contribution in [0.25, 0.3) is 28.1 Å². The molecule has 1 aromatic carbocycles. The van der Waals surface area contributed by atoms with Crippen molar-refractivity contribution in [1.82, 2.24) is 29.4 Å². The summed E-state index contributed by atoms with van der Waals surface area (Å²) in [5, 5.41) is 10.1. The second-order valence-corrected chi connectivity index (χ2v) is 5.71. The first-order valence-electron chi connectivity index (χ1n) is 7.90. The molecule has 3 aromatic heterocycles. The summed E-state index contributed by atoms with van der Waals surface area (Å²) in [5.74, 6) is 1.64. The Morgan fingerprint density at radius 2 is 1.87 bits per heavy atom. The molecule has 4 aromatic rings. The highest BCUT2D eigenvalue weighted by molar-refractivity contribution is 5.89. The Hall–Kier alpha value is -2.76. The van der Waals surface area contributed by atoms with Gasteiger partial charge in [-0.2, -0.15) is 9.61 Å². The van der Waals surface area contributed by atoms with Gasteiger partial charge in [0.2, 0.25) is 0 Å². The van der Waals surface area contributed by atoms with E-state index in [1.807, 2.05) is 48.1 Å². The topological polar surface area (TPSA) is 60.9 Å². The maximum atomic E-state index is 4.75. The summed E-state index contributed by atoms with van der Waals surface area (Å²) < 4.78 is 3.65. The Morgan fingerprint density at radius 3 is 2.65 bits per heavy atom. The number of fused-ring (bicyclic) bond motifs is 3. The van der Waals surface area contributed by atoms with Crippen molar-refractivity contribution < 1.29 is 0 Å². The maximum Gasteiger partial charge on any atom is 0.186 e.